The predicted molar refractivity (Wildman–Crippen MR) is 104 cm³/mol. The molecule has 25 heavy (non-hydrogen) atoms. The van der Waals surface area contributed by atoms with Crippen molar-refractivity contribution >= 4 is 33.8 Å². The lowest BCUT2D eigenvalue weighted by Crippen LogP contribution is -2.00. The Balaban J connectivity index is 1.53. The number of fused-ring (bicyclic) bond motifs is 1. The van der Waals surface area contributed by atoms with Crippen molar-refractivity contribution in [3.8, 4) is 17.0 Å². The number of aromatic nitrogens is 1. The van der Waals surface area contributed by atoms with E-state index < -0.39 is 0 Å². The van der Waals surface area contributed by atoms with Crippen LogP contribution in [0.2, 0.25) is 5.02 Å². The van der Waals surface area contributed by atoms with Gasteiger partial charge >= 0.3 is 0 Å². The van der Waals surface area contributed by atoms with Crippen LogP contribution in [0.5, 0.6) is 5.75 Å². The zero-order valence-electron chi connectivity index (χ0n) is 13.6. The molecule has 0 spiro atoms. The number of hydrogen-bond donors (Lipinski definition) is 1. The van der Waals surface area contributed by atoms with Gasteiger partial charge in [0.05, 0.1) is 18.5 Å². The third-order valence-electron chi connectivity index (χ3n) is 4.21. The minimum absolute atomic E-state index is 0.721. The van der Waals surface area contributed by atoms with Crippen LogP contribution in [0.1, 0.15) is 17.5 Å². The first-order valence-electron chi connectivity index (χ1n) is 7.95. The van der Waals surface area contributed by atoms with E-state index in [0.29, 0.717) is 0 Å². The Morgan fingerprint density at radius 1 is 1.16 bits per heavy atom. The fraction of sp³-hybridized carbons (Fsp3) is 0.158. The number of nitrogens with one attached hydrogen (secondary N) is 1. The Morgan fingerprint density at radius 2 is 2.00 bits per heavy atom. The van der Waals surface area contributed by atoms with E-state index in [0.717, 1.165) is 51.3 Å². The maximum absolute atomic E-state index is 5.93. The highest BCUT2D eigenvalue weighted by Gasteiger charge is 2.21. The van der Waals surface area contributed by atoms with Crippen molar-refractivity contribution in [2.45, 2.75) is 12.8 Å². The molecule has 1 aliphatic rings. The van der Waals surface area contributed by atoms with Gasteiger partial charge in [0.2, 0.25) is 5.13 Å². The lowest BCUT2D eigenvalue weighted by atomic mass is 10.1. The first-order chi connectivity index (χ1) is 12.2. The summed E-state index contributed by atoms with van der Waals surface area (Å²) in [6.07, 6.45) is 1.85. The van der Waals surface area contributed by atoms with Crippen molar-refractivity contribution in [1.82, 2.24) is 4.98 Å². The van der Waals surface area contributed by atoms with Crippen LogP contribution in [-0.2, 0) is 6.42 Å². The molecule has 0 atom stereocenters. The highest BCUT2D eigenvalue weighted by atomic mass is 35.5. The highest BCUT2D eigenvalue weighted by Crippen LogP contribution is 2.31. The van der Waals surface area contributed by atoms with Gasteiger partial charge in [-0.3, -0.25) is 5.43 Å². The summed E-state index contributed by atoms with van der Waals surface area (Å²) < 4.78 is 5.43. The number of rotatable bonds is 4. The third-order valence-corrected chi connectivity index (χ3v) is 5.21. The van der Waals surface area contributed by atoms with Gasteiger partial charge in [0.1, 0.15) is 5.75 Å². The molecule has 2 aromatic carbocycles. The SMILES string of the molecule is COc1cccc2c1CC/C2=N\Nc1nc(-c2ccc(Cl)cc2)cs1. The number of benzene rings is 2. The molecule has 1 aromatic heterocycles. The Labute approximate surface area is 155 Å². The molecule has 0 radical (unpaired) electrons. The zero-order chi connectivity index (χ0) is 17.2. The van der Waals surface area contributed by atoms with Gasteiger partial charge in [0.15, 0.2) is 0 Å². The molecule has 0 aliphatic heterocycles. The molecule has 126 valence electrons. The molecule has 0 saturated carbocycles. The summed E-state index contributed by atoms with van der Waals surface area (Å²) in [7, 11) is 1.71. The van der Waals surface area contributed by atoms with E-state index in [-0.39, 0.29) is 0 Å². The molecule has 1 aliphatic carbocycles. The number of anilines is 1. The van der Waals surface area contributed by atoms with E-state index in [1.54, 1.807) is 7.11 Å². The van der Waals surface area contributed by atoms with Crippen molar-refractivity contribution in [2.24, 2.45) is 5.10 Å². The van der Waals surface area contributed by atoms with E-state index in [9.17, 15) is 0 Å². The normalized spacial score (nSPS) is 14.6. The Bertz CT molecular complexity index is 934. The quantitative estimate of drug-likeness (QED) is 0.640. The predicted octanol–water partition coefficient (Wildman–Crippen LogP) is 5.23. The van der Waals surface area contributed by atoms with Crippen molar-refractivity contribution in [1.29, 1.82) is 0 Å². The Kier molecular flexibility index (Phi) is 4.42. The van der Waals surface area contributed by atoms with Crippen LogP contribution >= 0.6 is 22.9 Å². The summed E-state index contributed by atoms with van der Waals surface area (Å²) in [6.45, 7) is 0. The number of methoxy groups -OCH3 is 1. The number of thiazole rings is 1. The minimum Gasteiger partial charge on any atom is -0.496 e. The molecule has 0 unspecified atom stereocenters. The Morgan fingerprint density at radius 3 is 2.80 bits per heavy atom. The standard InChI is InChI=1S/C19H16ClN3OS/c1-24-18-4-2-3-14-15(18)9-10-16(14)22-23-19-21-17(11-25-19)12-5-7-13(20)8-6-12/h2-8,11H,9-10H2,1H3,(H,21,23)/b22-16+. The summed E-state index contributed by atoms with van der Waals surface area (Å²) in [5.41, 5.74) is 8.47. The van der Waals surface area contributed by atoms with Gasteiger partial charge in [-0.05, 0) is 31.0 Å². The fourth-order valence-corrected chi connectivity index (χ4v) is 3.76. The molecule has 0 bridgehead atoms. The molecule has 4 rings (SSSR count). The van der Waals surface area contributed by atoms with E-state index >= 15 is 0 Å². The molecule has 1 heterocycles. The van der Waals surface area contributed by atoms with Gasteiger partial charge in [-0.2, -0.15) is 5.10 Å². The average molecular weight is 370 g/mol. The summed E-state index contributed by atoms with van der Waals surface area (Å²) in [5.74, 6) is 0.932. The van der Waals surface area contributed by atoms with Crippen LogP contribution in [0, 0.1) is 0 Å². The number of hydrogen-bond acceptors (Lipinski definition) is 5. The molecule has 1 N–H and O–H groups in total. The second-order valence-electron chi connectivity index (χ2n) is 5.70. The summed E-state index contributed by atoms with van der Waals surface area (Å²) in [4.78, 5) is 4.59. The minimum atomic E-state index is 0.721. The lowest BCUT2D eigenvalue weighted by molar-refractivity contribution is 0.410. The molecule has 3 aromatic rings. The van der Waals surface area contributed by atoms with Crippen LogP contribution < -0.4 is 10.2 Å². The number of ether oxygens (including phenoxy) is 1. The van der Waals surface area contributed by atoms with E-state index in [1.807, 2.05) is 41.8 Å². The van der Waals surface area contributed by atoms with Crippen LogP contribution in [0.25, 0.3) is 11.3 Å². The zero-order valence-corrected chi connectivity index (χ0v) is 15.2. The molecule has 0 amide bonds. The summed E-state index contributed by atoms with van der Waals surface area (Å²) in [6, 6.07) is 13.7. The van der Waals surface area contributed by atoms with Crippen LogP contribution in [0.15, 0.2) is 52.9 Å². The van der Waals surface area contributed by atoms with Gasteiger partial charge in [-0.1, -0.05) is 35.9 Å². The monoisotopic (exact) mass is 369 g/mol. The number of nitrogens with zero attached hydrogens (tertiary/aromatic N) is 2. The van der Waals surface area contributed by atoms with Crippen LogP contribution in [0.4, 0.5) is 5.13 Å². The second-order valence-corrected chi connectivity index (χ2v) is 7.00. The van der Waals surface area contributed by atoms with Gasteiger partial charge in [0.25, 0.3) is 0 Å². The van der Waals surface area contributed by atoms with Crippen LogP contribution in [0.3, 0.4) is 0 Å². The molecule has 0 fully saturated rings. The molecule has 4 nitrogen and oxygen atoms in total. The van der Waals surface area contributed by atoms with E-state index in [2.05, 4.69) is 21.6 Å². The number of halogens is 1. The van der Waals surface area contributed by atoms with Crippen molar-refractivity contribution in [2.75, 3.05) is 12.5 Å². The largest absolute Gasteiger partial charge is 0.496 e. The van der Waals surface area contributed by atoms with Gasteiger partial charge in [-0.15, -0.1) is 11.3 Å². The number of hydrazone groups is 1. The fourth-order valence-electron chi connectivity index (χ4n) is 2.97. The topological polar surface area (TPSA) is 46.5 Å². The maximum atomic E-state index is 5.93. The van der Waals surface area contributed by atoms with E-state index in [4.69, 9.17) is 16.3 Å². The molecule has 6 heteroatoms. The smallest absolute Gasteiger partial charge is 0.203 e. The third kappa shape index (κ3) is 3.25. The maximum Gasteiger partial charge on any atom is 0.203 e. The second kappa shape index (κ2) is 6.86. The first-order valence-corrected chi connectivity index (χ1v) is 9.20. The van der Waals surface area contributed by atoms with Gasteiger partial charge in [-0.25, -0.2) is 4.98 Å². The molecular weight excluding hydrogens is 354 g/mol. The van der Waals surface area contributed by atoms with Crippen molar-refractivity contribution < 1.29 is 4.74 Å². The average Bonchev–Trinajstić information content (AvgIpc) is 3.27. The Hall–Kier alpha value is -2.37. The summed E-state index contributed by atoms with van der Waals surface area (Å²) >= 11 is 7.47. The van der Waals surface area contributed by atoms with Crippen molar-refractivity contribution in [3.63, 3.8) is 0 Å². The highest BCUT2D eigenvalue weighted by molar-refractivity contribution is 7.14. The van der Waals surface area contributed by atoms with Gasteiger partial charge in [0, 0.05) is 27.1 Å². The first kappa shape index (κ1) is 16.1. The summed E-state index contributed by atoms with van der Waals surface area (Å²) in [5, 5.41) is 8.07. The van der Waals surface area contributed by atoms with Crippen LogP contribution in [-0.4, -0.2) is 17.8 Å². The lowest BCUT2D eigenvalue weighted by Gasteiger charge is -2.06. The van der Waals surface area contributed by atoms with Crippen molar-refractivity contribution in [3.05, 3.63) is 64.0 Å². The van der Waals surface area contributed by atoms with Gasteiger partial charge < -0.3 is 4.74 Å². The molecule has 0 saturated heterocycles. The van der Waals surface area contributed by atoms with E-state index in [1.165, 1.54) is 16.9 Å². The molecular formula is C19H16ClN3OS.